The molecule has 0 aliphatic rings. The number of amides is 2. The third kappa shape index (κ3) is 5.96. The van der Waals surface area contributed by atoms with Gasteiger partial charge >= 0.3 is 5.91 Å². The van der Waals surface area contributed by atoms with Crippen molar-refractivity contribution in [3.05, 3.63) is 82.8 Å². The fourth-order valence-electron chi connectivity index (χ4n) is 2.69. The van der Waals surface area contributed by atoms with E-state index in [4.69, 9.17) is 20.8 Å². The van der Waals surface area contributed by atoms with Gasteiger partial charge in [-0.25, -0.2) is 5.43 Å². The van der Waals surface area contributed by atoms with Crippen LogP contribution >= 0.6 is 11.6 Å². The molecule has 3 rings (SSSR count). The second-order valence-corrected chi connectivity index (χ2v) is 7.29. The van der Waals surface area contributed by atoms with Crippen LogP contribution in [0.25, 0.3) is 0 Å². The molecule has 1 unspecified atom stereocenters. The van der Waals surface area contributed by atoms with E-state index in [1.807, 2.05) is 6.92 Å². The molecule has 0 aliphatic heterocycles. The van der Waals surface area contributed by atoms with Crippen molar-refractivity contribution >= 4 is 34.8 Å². The monoisotopic (exact) mass is 439 g/mol. The first kappa shape index (κ1) is 22.1. The fourth-order valence-corrected chi connectivity index (χ4v) is 2.92. The molecule has 0 saturated carbocycles. The summed E-state index contributed by atoms with van der Waals surface area (Å²) < 4.78 is 10.8. The standard InChI is InChI=1S/C23H22ClN3O4/c1-14-13-18(24)8-11-20(14)31-16(3)22(28)25-19-9-6-17(7-10-19)15(2)26-27-23(29)21-5-4-12-30-21/h4-13,16H,1-3H3,(H,25,28)(H,27,29)/b26-15+. The SMILES string of the molecule is C/C(=N\NC(=O)c1ccco1)c1ccc(NC(=O)C(C)Oc2ccc(Cl)cc2C)cc1. The Morgan fingerprint density at radius 3 is 2.52 bits per heavy atom. The molecule has 0 fully saturated rings. The summed E-state index contributed by atoms with van der Waals surface area (Å²) in [6, 6.07) is 15.5. The van der Waals surface area contributed by atoms with Gasteiger partial charge in [-0.3, -0.25) is 9.59 Å². The first-order valence-corrected chi connectivity index (χ1v) is 9.93. The van der Waals surface area contributed by atoms with Gasteiger partial charge in [0.1, 0.15) is 5.75 Å². The van der Waals surface area contributed by atoms with Crippen molar-refractivity contribution < 1.29 is 18.7 Å². The Kier molecular flexibility index (Phi) is 7.10. The summed E-state index contributed by atoms with van der Waals surface area (Å²) in [5, 5.41) is 7.50. The van der Waals surface area contributed by atoms with Crippen molar-refractivity contribution in [1.82, 2.24) is 5.43 Å². The highest BCUT2D eigenvalue weighted by Gasteiger charge is 2.16. The second-order valence-electron chi connectivity index (χ2n) is 6.85. The van der Waals surface area contributed by atoms with E-state index in [0.717, 1.165) is 11.1 Å². The number of benzene rings is 2. The summed E-state index contributed by atoms with van der Waals surface area (Å²) in [4.78, 5) is 24.3. The maximum Gasteiger partial charge on any atom is 0.307 e. The first-order valence-electron chi connectivity index (χ1n) is 9.55. The topological polar surface area (TPSA) is 92.9 Å². The van der Waals surface area contributed by atoms with Gasteiger partial charge < -0.3 is 14.5 Å². The molecule has 0 saturated heterocycles. The van der Waals surface area contributed by atoms with E-state index in [1.54, 1.807) is 68.4 Å². The molecule has 3 aromatic rings. The average molecular weight is 440 g/mol. The maximum absolute atomic E-state index is 12.5. The van der Waals surface area contributed by atoms with Crippen LogP contribution in [0.5, 0.6) is 5.75 Å². The lowest BCUT2D eigenvalue weighted by Gasteiger charge is -2.16. The van der Waals surface area contributed by atoms with Gasteiger partial charge in [0.2, 0.25) is 0 Å². The highest BCUT2D eigenvalue weighted by Crippen LogP contribution is 2.23. The number of nitrogens with one attached hydrogen (secondary N) is 2. The van der Waals surface area contributed by atoms with E-state index in [9.17, 15) is 9.59 Å². The number of aryl methyl sites for hydroxylation is 1. The summed E-state index contributed by atoms with van der Waals surface area (Å²) in [6.45, 7) is 5.31. The zero-order valence-corrected chi connectivity index (χ0v) is 18.1. The van der Waals surface area contributed by atoms with Gasteiger partial charge in [-0.05, 0) is 74.4 Å². The van der Waals surface area contributed by atoms with Gasteiger partial charge in [0, 0.05) is 10.7 Å². The predicted octanol–water partition coefficient (Wildman–Crippen LogP) is 4.80. The van der Waals surface area contributed by atoms with Crippen LogP contribution in [0.3, 0.4) is 0 Å². The molecular formula is C23H22ClN3O4. The molecule has 2 N–H and O–H groups in total. The molecule has 160 valence electrons. The van der Waals surface area contributed by atoms with Gasteiger partial charge in [-0.15, -0.1) is 0 Å². The molecule has 8 heteroatoms. The van der Waals surface area contributed by atoms with Crippen molar-refractivity contribution in [3.8, 4) is 5.75 Å². The summed E-state index contributed by atoms with van der Waals surface area (Å²) in [7, 11) is 0. The van der Waals surface area contributed by atoms with Crippen LogP contribution in [-0.4, -0.2) is 23.6 Å². The molecule has 0 spiro atoms. The van der Waals surface area contributed by atoms with Gasteiger partial charge in [0.05, 0.1) is 12.0 Å². The zero-order chi connectivity index (χ0) is 22.4. The van der Waals surface area contributed by atoms with E-state index < -0.39 is 12.0 Å². The average Bonchev–Trinajstić information content (AvgIpc) is 3.29. The Hall–Kier alpha value is -3.58. The maximum atomic E-state index is 12.5. The Morgan fingerprint density at radius 2 is 1.87 bits per heavy atom. The largest absolute Gasteiger partial charge is 0.481 e. The lowest BCUT2D eigenvalue weighted by Crippen LogP contribution is -2.30. The first-order chi connectivity index (χ1) is 14.8. The molecule has 31 heavy (non-hydrogen) atoms. The van der Waals surface area contributed by atoms with Gasteiger partial charge in [0.25, 0.3) is 5.91 Å². The van der Waals surface area contributed by atoms with Crippen molar-refractivity contribution in [2.45, 2.75) is 26.9 Å². The number of carbonyl (C=O) groups is 2. The molecule has 0 aliphatic carbocycles. The lowest BCUT2D eigenvalue weighted by molar-refractivity contribution is -0.122. The highest BCUT2D eigenvalue weighted by molar-refractivity contribution is 6.30. The Morgan fingerprint density at radius 1 is 1.13 bits per heavy atom. The minimum absolute atomic E-state index is 0.180. The molecule has 1 atom stereocenters. The van der Waals surface area contributed by atoms with E-state index in [0.29, 0.717) is 22.2 Å². The molecule has 1 heterocycles. The van der Waals surface area contributed by atoms with Crippen LogP contribution in [0, 0.1) is 6.92 Å². The zero-order valence-electron chi connectivity index (χ0n) is 17.3. The van der Waals surface area contributed by atoms with Gasteiger partial charge in [0.15, 0.2) is 11.9 Å². The summed E-state index contributed by atoms with van der Waals surface area (Å²) >= 11 is 5.95. The number of hydrazone groups is 1. The van der Waals surface area contributed by atoms with Crippen molar-refractivity contribution in [3.63, 3.8) is 0 Å². The molecular weight excluding hydrogens is 418 g/mol. The summed E-state index contributed by atoms with van der Waals surface area (Å²) in [5.74, 6) is 0.0712. The van der Waals surface area contributed by atoms with Crippen LogP contribution in [-0.2, 0) is 4.79 Å². The molecule has 2 amide bonds. The van der Waals surface area contributed by atoms with E-state index >= 15 is 0 Å². The number of rotatable bonds is 7. The number of anilines is 1. The predicted molar refractivity (Wildman–Crippen MR) is 120 cm³/mol. The molecule has 1 aromatic heterocycles. The number of hydrogen-bond donors (Lipinski definition) is 2. The third-order valence-corrected chi connectivity index (χ3v) is 4.69. The van der Waals surface area contributed by atoms with Crippen LogP contribution in [0.1, 0.15) is 35.5 Å². The molecule has 0 radical (unpaired) electrons. The number of carbonyl (C=O) groups excluding carboxylic acids is 2. The minimum Gasteiger partial charge on any atom is -0.481 e. The van der Waals surface area contributed by atoms with Crippen LogP contribution in [0.2, 0.25) is 5.02 Å². The second kappa shape index (κ2) is 9.95. The van der Waals surface area contributed by atoms with Gasteiger partial charge in [-0.2, -0.15) is 5.10 Å². The van der Waals surface area contributed by atoms with Crippen molar-refractivity contribution in [1.29, 1.82) is 0 Å². The van der Waals surface area contributed by atoms with E-state index in [2.05, 4.69) is 15.8 Å². The van der Waals surface area contributed by atoms with Gasteiger partial charge in [-0.1, -0.05) is 23.7 Å². The minimum atomic E-state index is -0.695. The van der Waals surface area contributed by atoms with Crippen molar-refractivity contribution in [2.75, 3.05) is 5.32 Å². The number of furan rings is 1. The Balaban J connectivity index is 1.57. The smallest absolute Gasteiger partial charge is 0.307 e. The summed E-state index contributed by atoms with van der Waals surface area (Å²) in [5.41, 5.74) is 5.30. The van der Waals surface area contributed by atoms with Crippen LogP contribution in [0.15, 0.2) is 70.4 Å². The molecule has 0 bridgehead atoms. The number of halogens is 1. The molecule has 2 aromatic carbocycles. The highest BCUT2D eigenvalue weighted by atomic mass is 35.5. The number of ether oxygens (including phenoxy) is 1. The Bertz CT molecular complexity index is 1090. The van der Waals surface area contributed by atoms with E-state index in [-0.39, 0.29) is 11.7 Å². The quantitative estimate of drug-likeness (QED) is 0.408. The fraction of sp³-hybridized carbons (Fsp3) is 0.174. The van der Waals surface area contributed by atoms with Crippen molar-refractivity contribution in [2.24, 2.45) is 5.10 Å². The van der Waals surface area contributed by atoms with Crippen LogP contribution in [0.4, 0.5) is 5.69 Å². The number of hydrogen-bond acceptors (Lipinski definition) is 5. The Labute approximate surface area is 185 Å². The third-order valence-electron chi connectivity index (χ3n) is 4.45. The van der Waals surface area contributed by atoms with Crippen LogP contribution < -0.4 is 15.5 Å². The summed E-state index contributed by atoms with van der Waals surface area (Å²) in [6.07, 6.45) is 0.723. The normalized spacial score (nSPS) is 12.2. The number of nitrogens with zero attached hydrogens (tertiary/aromatic N) is 1. The van der Waals surface area contributed by atoms with E-state index in [1.165, 1.54) is 6.26 Å². The molecule has 7 nitrogen and oxygen atoms in total. The lowest BCUT2D eigenvalue weighted by atomic mass is 10.1.